The lowest BCUT2D eigenvalue weighted by Crippen LogP contribution is -2.16. The van der Waals surface area contributed by atoms with Gasteiger partial charge in [0, 0.05) is 5.38 Å². The number of carboxylic acid groups (broad SMARTS) is 1. The van der Waals surface area contributed by atoms with Gasteiger partial charge >= 0.3 is 5.97 Å². The minimum atomic E-state index is -1.20. The summed E-state index contributed by atoms with van der Waals surface area (Å²) in [5.41, 5.74) is 5.61. The van der Waals surface area contributed by atoms with E-state index in [1.165, 1.54) is 11.3 Å². The summed E-state index contributed by atoms with van der Waals surface area (Å²) >= 11 is 1.20. The number of nitrogen functional groups attached to an aromatic ring is 1. The second-order valence-corrected chi connectivity index (χ2v) is 4.79. The summed E-state index contributed by atoms with van der Waals surface area (Å²) in [6.45, 7) is 0. The largest absolute Gasteiger partial charge is 0.478 e. The van der Waals surface area contributed by atoms with Gasteiger partial charge in [0.15, 0.2) is 5.13 Å². The van der Waals surface area contributed by atoms with Gasteiger partial charge in [0.25, 0.3) is 0 Å². The molecule has 0 saturated carbocycles. The molecule has 2 rings (SSSR count). The molecule has 0 saturated heterocycles. The molecule has 20 heavy (non-hydrogen) atoms. The Kier molecular flexibility index (Phi) is 3.94. The second-order valence-electron chi connectivity index (χ2n) is 3.90. The van der Waals surface area contributed by atoms with Crippen LogP contribution < -0.4 is 11.1 Å². The van der Waals surface area contributed by atoms with Crippen molar-refractivity contribution in [2.45, 2.75) is 6.42 Å². The molecule has 1 amide bonds. The first kappa shape index (κ1) is 13.9. The van der Waals surface area contributed by atoms with Crippen molar-refractivity contribution in [2.24, 2.45) is 0 Å². The van der Waals surface area contributed by atoms with Crippen molar-refractivity contribution in [3.63, 3.8) is 0 Å². The maximum atomic E-state index is 13.5. The van der Waals surface area contributed by atoms with E-state index in [4.69, 9.17) is 10.8 Å². The average molecular weight is 295 g/mol. The van der Waals surface area contributed by atoms with Crippen LogP contribution in [0.2, 0.25) is 0 Å². The molecule has 104 valence electrons. The third-order valence-electron chi connectivity index (χ3n) is 2.40. The first-order valence-electron chi connectivity index (χ1n) is 5.48. The van der Waals surface area contributed by atoms with Crippen molar-refractivity contribution >= 4 is 34.0 Å². The number of halogens is 1. The predicted octanol–water partition coefficient (Wildman–Crippen LogP) is 1.74. The van der Waals surface area contributed by atoms with E-state index in [1.54, 1.807) is 5.38 Å². The zero-order valence-corrected chi connectivity index (χ0v) is 10.9. The maximum absolute atomic E-state index is 13.5. The second kappa shape index (κ2) is 5.66. The minimum absolute atomic E-state index is 0.0650. The number of nitrogens with two attached hydrogens (primary N) is 1. The molecule has 6 nitrogen and oxygen atoms in total. The molecule has 0 bridgehead atoms. The molecule has 0 aliphatic heterocycles. The van der Waals surface area contributed by atoms with Crippen molar-refractivity contribution in [1.29, 1.82) is 0 Å². The summed E-state index contributed by atoms with van der Waals surface area (Å²) in [5.74, 6) is -2.41. The standard InChI is InChI=1S/C12H10FN3O3S/c13-8-2-1-6(11(18)19)3-9(8)16-10(17)4-7-5-20-12(14)15-7/h1-3,5H,4H2,(H2,14,15)(H,16,17)(H,18,19). The molecule has 0 aliphatic rings. The smallest absolute Gasteiger partial charge is 0.335 e. The molecule has 0 atom stereocenters. The van der Waals surface area contributed by atoms with E-state index < -0.39 is 17.7 Å². The van der Waals surface area contributed by atoms with Gasteiger partial charge in [-0.2, -0.15) is 0 Å². The predicted molar refractivity (Wildman–Crippen MR) is 72.2 cm³/mol. The highest BCUT2D eigenvalue weighted by molar-refractivity contribution is 7.13. The van der Waals surface area contributed by atoms with Crippen LogP contribution in [0.25, 0.3) is 0 Å². The van der Waals surface area contributed by atoms with Crippen molar-refractivity contribution in [3.05, 3.63) is 40.7 Å². The van der Waals surface area contributed by atoms with Gasteiger partial charge in [0.05, 0.1) is 23.4 Å². The Bertz CT molecular complexity index is 672. The Morgan fingerprint density at radius 1 is 1.45 bits per heavy atom. The SMILES string of the molecule is Nc1nc(CC(=O)Nc2cc(C(=O)O)ccc2F)cs1. The number of aromatic carboxylic acids is 1. The van der Waals surface area contributed by atoms with Gasteiger partial charge in [-0.15, -0.1) is 11.3 Å². The van der Waals surface area contributed by atoms with Crippen LogP contribution >= 0.6 is 11.3 Å². The quantitative estimate of drug-likeness (QED) is 0.796. The third-order valence-corrected chi connectivity index (χ3v) is 3.12. The highest BCUT2D eigenvalue weighted by atomic mass is 32.1. The average Bonchev–Trinajstić information content (AvgIpc) is 2.77. The molecule has 0 aliphatic carbocycles. The summed E-state index contributed by atoms with van der Waals surface area (Å²) in [7, 11) is 0. The van der Waals surface area contributed by atoms with Crippen LogP contribution in [0.1, 0.15) is 16.1 Å². The summed E-state index contributed by atoms with van der Waals surface area (Å²) < 4.78 is 13.5. The lowest BCUT2D eigenvalue weighted by Gasteiger charge is -2.06. The van der Waals surface area contributed by atoms with E-state index in [-0.39, 0.29) is 17.7 Å². The Morgan fingerprint density at radius 3 is 2.80 bits per heavy atom. The Morgan fingerprint density at radius 2 is 2.20 bits per heavy atom. The van der Waals surface area contributed by atoms with Gasteiger partial charge in [-0.25, -0.2) is 14.2 Å². The number of thiazole rings is 1. The van der Waals surface area contributed by atoms with E-state index in [9.17, 15) is 14.0 Å². The van der Waals surface area contributed by atoms with Gasteiger partial charge in [-0.05, 0) is 18.2 Å². The van der Waals surface area contributed by atoms with Crippen LogP contribution in [0.4, 0.5) is 15.2 Å². The zero-order valence-electron chi connectivity index (χ0n) is 10.1. The Labute approximate surface area is 117 Å². The number of hydrogen-bond acceptors (Lipinski definition) is 5. The number of amides is 1. The molecule has 2 aromatic rings. The fourth-order valence-electron chi connectivity index (χ4n) is 1.52. The molecule has 0 radical (unpaired) electrons. The minimum Gasteiger partial charge on any atom is -0.478 e. The van der Waals surface area contributed by atoms with Crippen LogP contribution in [0.15, 0.2) is 23.6 Å². The van der Waals surface area contributed by atoms with Crippen LogP contribution in [0.3, 0.4) is 0 Å². The number of rotatable bonds is 4. The normalized spacial score (nSPS) is 10.2. The first-order chi connectivity index (χ1) is 9.45. The molecule has 0 unspecified atom stereocenters. The van der Waals surface area contributed by atoms with Crippen molar-refractivity contribution < 1.29 is 19.1 Å². The lowest BCUT2D eigenvalue weighted by molar-refractivity contribution is -0.115. The molecule has 8 heteroatoms. The van der Waals surface area contributed by atoms with Crippen molar-refractivity contribution in [3.8, 4) is 0 Å². The van der Waals surface area contributed by atoms with Crippen molar-refractivity contribution in [2.75, 3.05) is 11.1 Å². The number of carbonyl (C=O) groups is 2. The van der Waals surface area contributed by atoms with E-state index in [0.29, 0.717) is 10.8 Å². The number of carboxylic acids is 1. The number of anilines is 2. The van der Waals surface area contributed by atoms with E-state index in [0.717, 1.165) is 18.2 Å². The fraction of sp³-hybridized carbons (Fsp3) is 0.0833. The highest BCUT2D eigenvalue weighted by Crippen LogP contribution is 2.17. The Hall–Kier alpha value is -2.48. The summed E-state index contributed by atoms with van der Waals surface area (Å²) in [5, 5.41) is 13.1. The number of aromatic nitrogens is 1. The lowest BCUT2D eigenvalue weighted by atomic mass is 10.2. The molecule has 4 N–H and O–H groups in total. The van der Waals surface area contributed by atoms with Crippen LogP contribution in [-0.4, -0.2) is 22.0 Å². The fourth-order valence-corrected chi connectivity index (χ4v) is 2.08. The van der Waals surface area contributed by atoms with Gasteiger partial charge in [-0.3, -0.25) is 4.79 Å². The zero-order chi connectivity index (χ0) is 14.7. The van der Waals surface area contributed by atoms with Gasteiger partial charge < -0.3 is 16.2 Å². The monoisotopic (exact) mass is 295 g/mol. The molecule has 1 aromatic heterocycles. The number of carbonyl (C=O) groups excluding carboxylic acids is 1. The van der Waals surface area contributed by atoms with Crippen LogP contribution in [-0.2, 0) is 11.2 Å². The van der Waals surface area contributed by atoms with Gasteiger partial charge in [0.2, 0.25) is 5.91 Å². The van der Waals surface area contributed by atoms with E-state index >= 15 is 0 Å². The van der Waals surface area contributed by atoms with Gasteiger partial charge in [0.1, 0.15) is 5.82 Å². The maximum Gasteiger partial charge on any atom is 0.335 e. The van der Waals surface area contributed by atoms with Crippen LogP contribution in [0.5, 0.6) is 0 Å². The molecular weight excluding hydrogens is 285 g/mol. The van der Waals surface area contributed by atoms with Gasteiger partial charge in [-0.1, -0.05) is 0 Å². The summed E-state index contributed by atoms with van der Waals surface area (Å²) in [4.78, 5) is 26.4. The van der Waals surface area contributed by atoms with Crippen LogP contribution in [0, 0.1) is 5.82 Å². The van der Waals surface area contributed by atoms with E-state index in [1.807, 2.05) is 0 Å². The third kappa shape index (κ3) is 3.29. The number of hydrogen-bond donors (Lipinski definition) is 3. The number of nitrogens with zero attached hydrogens (tertiary/aromatic N) is 1. The molecule has 1 heterocycles. The summed E-state index contributed by atoms with van der Waals surface area (Å²) in [6.07, 6.45) is -0.0650. The summed E-state index contributed by atoms with van der Waals surface area (Å²) in [6, 6.07) is 3.17. The molecular formula is C12H10FN3O3S. The Balaban J connectivity index is 2.11. The highest BCUT2D eigenvalue weighted by Gasteiger charge is 2.12. The molecule has 1 aromatic carbocycles. The number of nitrogens with one attached hydrogen (secondary N) is 1. The first-order valence-corrected chi connectivity index (χ1v) is 6.36. The number of benzene rings is 1. The molecule has 0 fully saturated rings. The van der Waals surface area contributed by atoms with Crippen molar-refractivity contribution in [1.82, 2.24) is 4.98 Å². The topological polar surface area (TPSA) is 105 Å². The molecule has 0 spiro atoms. The van der Waals surface area contributed by atoms with E-state index in [2.05, 4.69) is 10.3 Å².